The molecular weight excluding hydrogens is 308 g/mol. The van der Waals surface area contributed by atoms with Crippen molar-refractivity contribution < 1.29 is 19.1 Å². The lowest BCUT2D eigenvalue weighted by molar-refractivity contribution is -0.124. The van der Waals surface area contributed by atoms with Gasteiger partial charge in [0.1, 0.15) is 5.75 Å². The molecule has 0 aromatic heterocycles. The molecule has 1 amide bonds. The van der Waals surface area contributed by atoms with Crippen LogP contribution in [0.4, 0.5) is 0 Å². The number of methoxy groups -OCH3 is 1. The minimum Gasteiger partial charge on any atom is -0.496 e. The summed E-state index contributed by atoms with van der Waals surface area (Å²) in [6, 6.07) is 15.3. The molecule has 0 heterocycles. The lowest BCUT2D eigenvalue weighted by Crippen LogP contribution is -2.28. The van der Waals surface area contributed by atoms with E-state index in [0.717, 1.165) is 5.56 Å². The van der Waals surface area contributed by atoms with Gasteiger partial charge in [-0.15, -0.1) is 0 Å². The summed E-state index contributed by atoms with van der Waals surface area (Å²) >= 11 is 0. The minimum atomic E-state index is -0.653. The third-order valence-corrected chi connectivity index (χ3v) is 3.23. The van der Waals surface area contributed by atoms with Crippen molar-refractivity contribution in [2.75, 3.05) is 13.7 Å². The number of carbonyl (C=O) groups excluding carboxylic acids is 2. The summed E-state index contributed by atoms with van der Waals surface area (Å²) in [7, 11) is 1.55. The molecule has 0 aliphatic heterocycles. The third-order valence-electron chi connectivity index (χ3n) is 3.23. The Morgan fingerprint density at radius 3 is 2.71 bits per heavy atom. The molecule has 1 N–H and O–H groups in total. The van der Waals surface area contributed by atoms with Crippen molar-refractivity contribution in [3.8, 4) is 11.8 Å². The van der Waals surface area contributed by atoms with Gasteiger partial charge in [0.25, 0.3) is 5.91 Å². The molecule has 0 aliphatic carbocycles. The van der Waals surface area contributed by atoms with Gasteiger partial charge in [0, 0.05) is 12.1 Å². The van der Waals surface area contributed by atoms with Crippen LogP contribution in [0.3, 0.4) is 0 Å². The Bertz CT molecular complexity index is 781. The summed E-state index contributed by atoms with van der Waals surface area (Å²) in [6.45, 7) is -0.130. The minimum absolute atomic E-state index is 0.228. The second-order valence-corrected chi connectivity index (χ2v) is 4.86. The van der Waals surface area contributed by atoms with E-state index in [1.165, 1.54) is 12.1 Å². The number of hydrogen-bond donors (Lipinski definition) is 1. The second-order valence-electron chi connectivity index (χ2n) is 4.86. The number of para-hydroxylation sites is 1. The fraction of sp³-hybridized carbons (Fsp3) is 0.167. The van der Waals surface area contributed by atoms with Gasteiger partial charge in [-0.3, -0.25) is 4.79 Å². The van der Waals surface area contributed by atoms with Gasteiger partial charge in [-0.2, -0.15) is 5.26 Å². The fourth-order valence-electron chi connectivity index (χ4n) is 2.02. The largest absolute Gasteiger partial charge is 0.496 e. The number of carbonyl (C=O) groups is 2. The molecule has 2 aromatic rings. The van der Waals surface area contributed by atoms with Crippen molar-refractivity contribution in [3.05, 3.63) is 65.2 Å². The normalized spacial score (nSPS) is 9.67. The molecule has 2 rings (SSSR count). The number of nitriles is 1. The summed E-state index contributed by atoms with van der Waals surface area (Å²) in [6.07, 6.45) is 0. The lowest BCUT2D eigenvalue weighted by Gasteiger charge is -2.10. The van der Waals surface area contributed by atoms with Crippen molar-refractivity contribution in [2.45, 2.75) is 6.54 Å². The molecule has 0 fully saturated rings. The Hall–Kier alpha value is -3.33. The number of amides is 1. The van der Waals surface area contributed by atoms with Crippen LogP contribution >= 0.6 is 0 Å². The second kappa shape index (κ2) is 8.34. The van der Waals surface area contributed by atoms with E-state index in [1.807, 2.05) is 24.3 Å². The molecule has 0 radical (unpaired) electrons. The first-order valence-corrected chi connectivity index (χ1v) is 7.20. The van der Waals surface area contributed by atoms with E-state index < -0.39 is 18.5 Å². The first-order valence-electron chi connectivity index (χ1n) is 7.20. The van der Waals surface area contributed by atoms with Crippen molar-refractivity contribution in [1.29, 1.82) is 5.26 Å². The SMILES string of the molecule is COc1ccccc1CNC(=O)COC(=O)c1cccc(C#N)c1. The predicted octanol–water partition coefficient (Wildman–Crippen LogP) is 2.04. The van der Waals surface area contributed by atoms with Gasteiger partial charge in [-0.1, -0.05) is 24.3 Å². The lowest BCUT2D eigenvalue weighted by atomic mass is 10.1. The summed E-state index contributed by atoms with van der Waals surface area (Å²) < 4.78 is 10.1. The Labute approximate surface area is 139 Å². The highest BCUT2D eigenvalue weighted by atomic mass is 16.5. The average Bonchev–Trinajstić information content (AvgIpc) is 2.64. The molecule has 2 aromatic carbocycles. The summed E-state index contributed by atoms with van der Waals surface area (Å²) in [5.74, 6) is -0.409. The highest BCUT2D eigenvalue weighted by Crippen LogP contribution is 2.16. The number of benzene rings is 2. The Kier molecular flexibility index (Phi) is 5.92. The van der Waals surface area contributed by atoms with Crippen LogP contribution < -0.4 is 10.1 Å². The zero-order valence-electron chi connectivity index (χ0n) is 13.1. The van der Waals surface area contributed by atoms with Crippen LogP contribution in [0.5, 0.6) is 5.75 Å². The molecule has 0 saturated heterocycles. The highest BCUT2D eigenvalue weighted by molar-refractivity contribution is 5.91. The van der Waals surface area contributed by atoms with E-state index in [1.54, 1.807) is 25.3 Å². The Morgan fingerprint density at radius 2 is 1.96 bits per heavy atom. The van der Waals surface area contributed by atoms with Crippen molar-refractivity contribution in [3.63, 3.8) is 0 Å². The van der Waals surface area contributed by atoms with E-state index in [2.05, 4.69) is 5.32 Å². The quantitative estimate of drug-likeness (QED) is 0.822. The van der Waals surface area contributed by atoms with Crippen LogP contribution in [0, 0.1) is 11.3 Å². The van der Waals surface area contributed by atoms with Gasteiger partial charge in [-0.05, 0) is 24.3 Å². The van der Waals surface area contributed by atoms with Gasteiger partial charge in [0.2, 0.25) is 0 Å². The maximum absolute atomic E-state index is 11.9. The van der Waals surface area contributed by atoms with Crippen LogP contribution in [0.2, 0.25) is 0 Å². The highest BCUT2D eigenvalue weighted by Gasteiger charge is 2.11. The summed E-state index contributed by atoms with van der Waals surface area (Å²) in [5, 5.41) is 11.5. The fourth-order valence-corrected chi connectivity index (χ4v) is 2.02. The molecule has 0 bridgehead atoms. The van der Waals surface area contributed by atoms with E-state index in [4.69, 9.17) is 14.7 Å². The molecule has 122 valence electrons. The Morgan fingerprint density at radius 1 is 1.17 bits per heavy atom. The summed E-state index contributed by atoms with van der Waals surface area (Å²) in [4.78, 5) is 23.7. The summed E-state index contributed by atoms with van der Waals surface area (Å²) in [5.41, 5.74) is 1.40. The molecule has 24 heavy (non-hydrogen) atoms. The van der Waals surface area contributed by atoms with Crippen molar-refractivity contribution in [1.82, 2.24) is 5.32 Å². The van der Waals surface area contributed by atoms with Gasteiger partial charge in [0.05, 0.1) is 24.3 Å². The molecule has 0 atom stereocenters. The zero-order valence-corrected chi connectivity index (χ0v) is 13.1. The molecule has 6 nitrogen and oxygen atoms in total. The molecule has 0 spiro atoms. The number of ether oxygens (including phenoxy) is 2. The van der Waals surface area contributed by atoms with E-state index in [9.17, 15) is 9.59 Å². The van der Waals surface area contributed by atoms with Gasteiger partial charge >= 0.3 is 5.97 Å². The van der Waals surface area contributed by atoms with E-state index in [0.29, 0.717) is 11.3 Å². The monoisotopic (exact) mass is 324 g/mol. The number of esters is 1. The van der Waals surface area contributed by atoms with Gasteiger partial charge in [0.15, 0.2) is 6.61 Å². The number of nitrogens with one attached hydrogen (secondary N) is 1. The topological polar surface area (TPSA) is 88.4 Å². The standard InChI is InChI=1S/C18H16N2O4/c1-23-16-8-3-2-6-15(16)11-20-17(21)12-24-18(22)14-7-4-5-13(9-14)10-19/h2-9H,11-12H2,1H3,(H,20,21). The van der Waals surface area contributed by atoms with Crippen molar-refractivity contribution >= 4 is 11.9 Å². The van der Waals surface area contributed by atoms with Crippen LogP contribution in [0.25, 0.3) is 0 Å². The predicted molar refractivity (Wildman–Crippen MR) is 86.3 cm³/mol. The molecule has 0 unspecified atom stereocenters. The van der Waals surface area contributed by atoms with E-state index in [-0.39, 0.29) is 12.1 Å². The van der Waals surface area contributed by atoms with E-state index >= 15 is 0 Å². The van der Waals surface area contributed by atoms with Crippen LogP contribution in [-0.4, -0.2) is 25.6 Å². The van der Waals surface area contributed by atoms with Crippen LogP contribution in [0.1, 0.15) is 21.5 Å². The third kappa shape index (κ3) is 4.58. The molecule has 0 saturated carbocycles. The molecular formula is C18H16N2O4. The Balaban J connectivity index is 1.84. The number of hydrogen-bond acceptors (Lipinski definition) is 5. The molecule has 6 heteroatoms. The van der Waals surface area contributed by atoms with Crippen molar-refractivity contribution in [2.24, 2.45) is 0 Å². The molecule has 0 aliphatic rings. The van der Waals surface area contributed by atoms with Gasteiger partial charge < -0.3 is 14.8 Å². The average molecular weight is 324 g/mol. The van der Waals surface area contributed by atoms with Crippen LogP contribution in [-0.2, 0) is 16.1 Å². The first kappa shape index (κ1) is 17.0. The number of nitrogens with zero attached hydrogens (tertiary/aromatic N) is 1. The maximum Gasteiger partial charge on any atom is 0.338 e. The van der Waals surface area contributed by atoms with Crippen LogP contribution in [0.15, 0.2) is 48.5 Å². The number of rotatable bonds is 6. The smallest absolute Gasteiger partial charge is 0.338 e. The maximum atomic E-state index is 11.9. The first-order chi connectivity index (χ1) is 11.6. The zero-order chi connectivity index (χ0) is 17.4. The van der Waals surface area contributed by atoms with Gasteiger partial charge in [-0.25, -0.2) is 4.79 Å².